The van der Waals surface area contributed by atoms with Crippen LogP contribution in [-0.4, -0.2) is 24.3 Å². The van der Waals surface area contributed by atoms with Crippen molar-refractivity contribution in [1.82, 2.24) is 24.3 Å². The molecule has 7 heteroatoms. The lowest BCUT2D eigenvalue weighted by Crippen LogP contribution is -2.06. The number of aromatic amines is 1. The lowest BCUT2D eigenvalue weighted by molar-refractivity contribution is 0.643. The average Bonchev–Trinajstić information content (AvgIpc) is 3.02. The third-order valence-corrected chi connectivity index (χ3v) is 4.00. The average molecular weight is 279 g/mol. The highest BCUT2D eigenvalue weighted by atomic mass is 32.1. The van der Waals surface area contributed by atoms with E-state index in [0.717, 1.165) is 33.2 Å². The predicted octanol–water partition coefficient (Wildman–Crippen LogP) is 2.73. The molecule has 18 heavy (non-hydrogen) atoms. The number of hydrogen-bond donors (Lipinski definition) is 1. The van der Waals surface area contributed by atoms with E-state index >= 15 is 0 Å². The van der Waals surface area contributed by atoms with Crippen LogP contribution in [-0.2, 0) is 13.1 Å². The molecular weight excluding hydrogens is 266 g/mol. The Bertz CT molecular complexity index is 731. The molecule has 3 heterocycles. The first-order chi connectivity index (χ1) is 8.70. The van der Waals surface area contributed by atoms with Crippen LogP contribution in [0, 0.1) is 11.7 Å². The number of nitrogens with zero attached hydrogens (tertiary/aromatic N) is 4. The number of aryl methyl sites for hydroxylation is 2. The second-order valence-corrected chi connectivity index (χ2v) is 5.41. The van der Waals surface area contributed by atoms with Gasteiger partial charge in [0.1, 0.15) is 10.5 Å². The molecule has 3 rings (SSSR count). The van der Waals surface area contributed by atoms with Crippen LogP contribution in [0.4, 0.5) is 0 Å². The van der Waals surface area contributed by atoms with E-state index in [1.807, 2.05) is 23.2 Å². The zero-order chi connectivity index (χ0) is 12.7. The van der Waals surface area contributed by atoms with Crippen LogP contribution in [0.25, 0.3) is 11.2 Å². The first-order valence-corrected chi connectivity index (χ1v) is 7.03. The number of hydrogen-bond acceptors (Lipinski definition) is 4. The van der Waals surface area contributed by atoms with Crippen molar-refractivity contribution in [3.63, 3.8) is 0 Å². The Balaban J connectivity index is 2.21. The van der Waals surface area contributed by atoms with Gasteiger partial charge in [0.25, 0.3) is 0 Å². The monoisotopic (exact) mass is 279 g/mol. The van der Waals surface area contributed by atoms with Crippen LogP contribution in [0.2, 0.25) is 0 Å². The summed E-state index contributed by atoms with van der Waals surface area (Å²) in [5, 5.41) is 7.53. The highest BCUT2D eigenvalue weighted by Crippen LogP contribution is 2.19. The van der Waals surface area contributed by atoms with Gasteiger partial charge >= 0.3 is 0 Å². The molecule has 3 aromatic rings. The molecule has 3 aromatic heterocycles. The predicted molar refractivity (Wildman–Crippen MR) is 74.5 cm³/mol. The SMILES string of the molecule is CCn1nc(C)c2[nH]c(=S)n(Cc3nccs3)c21. The molecule has 0 spiro atoms. The molecule has 0 aliphatic carbocycles. The molecular formula is C11H13N5S2. The maximum atomic E-state index is 5.39. The van der Waals surface area contributed by atoms with Gasteiger partial charge in [0, 0.05) is 18.1 Å². The van der Waals surface area contributed by atoms with Gasteiger partial charge in [-0.25, -0.2) is 9.67 Å². The van der Waals surface area contributed by atoms with E-state index in [0.29, 0.717) is 6.54 Å². The number of thiazole rings is 1. The molecule has 0 amide bonds. The van der Waals surface area contributed by atoms with Gasteiger partial charge in [0.15, 0.2) is 10.4 Å². The third kappa shape index (κ3) is 1.70. The third-order valence-electron chi connectivity index (χ3n) is 2.91. The van der Waals surface area contributed by atoms with Crippen LogP contribution >= 0.6 is 23.6 Å². The van der Waals surface area contributed by atoms with Gasteiger partial charge in [-0.05, 0) is 26.1 Å². The Hall–Kier alpha value is -1.47. The lowest BCUT2D eigenvalue weighted by atomic mass is 10.4. The summed E-state index contributed by atoms with van der Waals surface area (Å²) in [5.74, 6) is 0. The standard InChI is InChI=1S/C11H13N5S2/c1-3-16-10-9(7(2)14-16)13-11(17)15(10)6-8-12-4-5-18-8/h4-5H,3,6H2,1-2H3,(H,13,17). The number of nitrogens with one attached hydrogen (secondary N) is 1. The van der Waals surface area contributed by atoms with E-state index in [4.69, 9.17) is 12.2 Å². The van der Waals surface area contributed by atoms with Crippen LogP contribution in [0.1, 0.15) is 17.6 Å². The van der Waals surface area contributed by atoms with Gasteiger partial charge in [0.05, 0.1) is 12.2 Å². The zero-order valence-corrected chi connectivity index (χ0v) is 11.8. The molecule has 5 nitrogen and oxygen atoms in total. The van der Waals surface area contributed by atoms with Crippen molar-refractivity contribution < 1.29 is 0 Å². The minimum Gasteiger partial charge on any atom is -0.328 e. The van der Waals surface area contributed by atoms with E-state index in [2.05, 4.69) is 26.6 Å². The van der Waals surface area contributed by atoms with Crippen molar-refractivity contribution in [2.75, 3.05) is 0 Å². The summed E-state index contributed by atoms with van der Waals surface area (Å²) in [5.41, 5.74) is 3.06. The van der Waals surface area contributed by atoms with E-state index in [-0.39, 0.29) is 0 Å². The zero-order valence-electron chi connectivity index (χ0n) is 10.2. The number of aromatic nitrogens is 5. The molecule has 0 atom stereocenters. The number of H-pyrrole nitrogens is 1. The van der Waals surface area contributed by atoms with Gasteiger partial charge in [0.2, 0.25) is 0 Å². The maximum Gasteiger partial charge on any atom is 0.179 e. The highest BCUT2D eigenvalue weighted by molar-refractivity contribution is 7.71. The van der Waals surface area contributed by atoms with Gasteiger partial charge in [-0.1, -0.05) is 0 Å². The summed E-state index contributed by atoms with van der Waals surface area (Å²) in [6, 6.07) is 0. The van der Waals surface area contributed by atoms with Crippen molar-refractivity contribution >= 4 is 34.7 Å². The van der Waals surface area contributed by atoms with Gasteiger partial charge in [-0.3, -0.25) is 4.57 Å². The Labute approximate surface area is 113 Å². The fourth-order valence-corrected chi connectivity index (χ4v) is 2.95. The minimum absolute atomic E-state index is 0.696. The normalized spacial score (nSPS) is 11.4. The molecule has 0 saturated heterocycles. The molecule has 0 saturated carbocycles. The van der Waals surface area contributed by atoms with Gasteiger partial charge < -0.3 is 4.98 Å². The molecule has 0 radical (unpaired) electrons. The Morgan fingerprint density at radius 3 is 3.00 bits per heavy atom. The van der Waals surface area contributed by atoms with Gasteiger partial charge in [-0.2, -0.15) is 5.10 Å². The second kappa shape index (κ2) is 4.33. The fraction of sp³-hybridized carbons (Fsp3) is 0.364. The molecule has 0 bridgehead atoms. The summed E-state index contributed by atoms with van der Waals surface area (Å²) >= 11 is 7.03. The number of rotatable bonds is 3. The van der Waals surface area contributed by atoms with E-state index in [1.165, 1.54) is 0 Å². The molecule has 0 unspecified atom stereocenters. The number of imidazole rings is 1. The van der Waals surface area contributed by atoms with Gasteiger partial charge in [-0.15, -0.1) is 11.3 Å². The van der Waals surface area contributed by atoms with E-state index in [9.17, 15) is 0 Å². The van der Waals surface area contributed by atoms with Crippen molar-refractivity contribution in [3.8, 4) is 0 Å². The summed E-state index contributed by atoms with van der Waals surface area (Å²) < 4.78 is 4.76. The van der Waals surface area contributed by atoms with Crippen molar-refractivity contribution in [2.45, 2.75) is 26.9 Å². The summed E-state index contributed by atoms with van der Waals surface area (Å²) in [6.07, 6.45) is 1.82. The minimum atomic E-state index is 0.696. The molecule has 0 aromatic carbocycles. The Morgan fingerprint density at radius 1 is 1.50 bits per heavy atom. The molecule has 0 aliphatic rings. The Kier molecular flexibility index (Phi) is 2.79. The quantitative estimate of drug-likeness (QED) is 0.750. The van der Waals surface area contributed by atoms with E-state index < -0.39 is 0 Å². The van der Waals surface area contributed by atoms with Crippen molar-refractivity contribution in [2.24, 2.45) is 0 Å². The summed E-state index contributed by atoms with van der Waals surface area (Å²) in [4.78, 5) is 7.54. The molecule has 1 N–H and O–H groups in total. The van der Waals surface area contributed by atoms with Crippen LogP contribution in [0.3, 0.4) is 0 Å². The summed E-state index contributed by atoms with van der Waals surface area (Å²) in [7, 11) is 0. The second-order valence-electron chi connectivity index (χ2n) is 4.04. The fourth-order valence-electron chi connectivity index (χ4n) is 2.09. The lowest BCUT2D eigenvalue weighted by Gasteiger charge is -2.03. The highest BCUT2D eigenvalue weighted by Gasteiger charge is 2.14. The maximum absolute atomic E-state index is 5.39. The smallest absolute Gasteiger partial charge is 0.179 e. The van der Waals surface area contributed by atoms with E-state index in [1.54, 1.807) is 11.3 Å². The first kappa shape index (κ1) is 11.6. The number of fused-ring (bicyclic) bond motifs is 1. The topological polar surface area (TPSA) is 51.4 Å². The van der Waals surface area contributed by atoms with Crippen LogP contribution in [0.15, 0.2) is 11.6 Å². The molecule has 94 valence electrons. The van der Waals surface area contributed by atoms with Crippen molar-refractivity contribution in [1.29, 1.82) is 0 Å². The van der Waals surface area contributed by atoms with Crippen LogP contribution < -0.4 is 0 Å². The summed E-state index contributed by atoms with van der Waals surface area (Å²) in [6.45, 7) is 5.60. The molecule has 0 fully saturated rings. The van der Waals surface area contributed by atoms with Crippen molar-refractivity contribution in [3.05, 3.63) is 27.0 Å². The largest absolute Gasteiger partial charge is 0.328 e. The molecule has 0 aliphatic heterocycles. The first-order valence-electron chi connectivity index (χ1n) is 5.75. The van der Waals surface area contributed by atoms with Crippen LogP contribution in [0.5, 0.6) is 0 Å². The Morgan fingerprint density at radius 2 is 2.33 bits per heavy atom.